The minimum Gasteiger partial charge on any atom is -0.378 e. The molecule has 0 bridgehead atoms. The molecule has 0 radical (unpaired) electrons. The number of nitrogens with zero attached hydrogens (tertiary/aromatic N) is 2. The predicted molar refractivity (Wildman–Crippen MR) is 98.0 cm³/mol. The fraction of sp³-hybridized carbons (Fsp3) is 0.476. The number of aromatic nitrogens is 1. The van der Waals surface area contributed by atoms with Crippen molar-refractivity contribution in [1.82, 2.24) is 9.47 Å². The van der Waals surface area contributed by atoms with Gasteiger partial charge >= 0.3 is 0 Å². The third-order valence-electron chi connectivity index (χ3n) is 5.69. The average molecular weight is 374 g/mol. The number of carbonyl (C=O) groups excluding carboxylic acids is 1. The van der Waals surface area contributed by atoms with Crippen LogP contribution in [0.1, 0.15) is 45.7 Å². The predicted octanol–water partition coefficient (Wildman–Crippen LogP) is 3.47. The van der Waals surface area contributed by atoms with Gasteiger partial charge in [-0.15, -0.1) is 0 Å². The number of carbonyl (C=O) groups is 1. The maximum atomic E-state index is 14.3. The summed E-state index contributed by atoms with van der Waals surface area (Å²) in [6.45, 7) is 4.46. The molecule has 2 aliphatic rings. The minimum absolute atomic E-state index is 0.0206. The van der Waals surface area contributed by atoms with Gasteiger partial charge < -0.3 is 14.2 Å². The maximum Gasteiger partial charge on any atom is 0.270 e. The van der Waals surface area contributed by atoms with Gasteiger partial charge in [-0.05, 0) is 49.8 Å². The van der Waals surface area contributed by atoms with Crippen LogP contribution in [0.4, 0.5) is 8.78 Å². The quantitative estimate of drug-likeness (QED) is 0.825. The van der Waals surface area contributed by atoms with Gasteiger partial charge in [0, 0.05) is 30.4 Å². The molecular weight excluding hydrogens is 350 g/mol. The smallest absolute Gasteiger partial charge is 0.270 e. The fourth-order valence-corrected chi connectivity index (χ4v) is 4.26. The van der Waals surface area contributed by atoms with Gasteiger partial charge in [0.1, 0.15) is 17.3 Å². The van der Waals surface area contributed by atoms with Crippen LogP contribution in [0.15, 0.2) is 18.2 Å². The molecule has 144 valence electrons. The molecule has 1 aromatic carbocycles. The minimum atomic E-state index is -0.591. The molecule has 1 aliphatic carbocycles. The van der Waals surface area contributed by atoms with Gasteiger partial charge in [-0.25, -0.2) is 8.78 Å². The highest BCUT2D eigenvalue weighted by atomic mass is 19.1. The Balaban J connectivity index is 1.77. The van der Waals surface area contributed by atoms with Crippen LogP contribution >= 0.6 is 0 Å². The zero-order chi connectivity index (χ0) is 19.0. The lowest BCUT2D eigenvalue weighted by Gasteiger charge is -2.28. The van der Waals surface area contributed by atoms with E-state index in [0.717, 1.165) is 43.0 Å². The number of amides is 1. The molecule has 2 aromatic rings. The van der Waals surface area contributed by atoms with Crippen molar-refractivity contribution in [1.29, 1.82) is 0 Å². The van der Waals surface area contributed by atoms with E-state index in [1.54, 1.807) is 0 Å². The van der Waals surface area contributed by atoms with Crippen molar-refractivity contribution in [3.8, 4) is 0 Å². The Morgan fingerprint density at radius 1 is 1.15 bits per heavy atom. The zero-order valence-electron chi connectivity index (χ0n) is 15.6. The molecule has 1 aromatic heterocycles. The Labute approximate surface area is 157 Å². The maximum absolute atomic E-state index is 14.3. The third kappa shape index (κ3) is 3.38. The second kappa shape index (κ2) is 7.43. The van der Waals surface area contributed by atoms with E-state index in [1.165, 1.54) is 17.7 Å². The van der Waals surface area contributed by atoms with E-state index in [4.69, 9.17) is 4.74 Å². The normalized spacial score (nSPS) is 17.1. The van der Waals surface area contributed by atoms with Crippen LogP contribution in [-0.4, -0.2) is 41.7 Å². The first-order valence-corrected chi connectivity index (χ1v) is 9.58. The Hall–Kier alpha value is -2.21. The van der Waals surface area contributed by atoms with Crippen molar-refractivity contribution in [3.05, 3.63) is 57.9 Å². The number of rotatable bonds is 3. The van der Waals surface area contributed by atoms with Crippen molar-refractivity contribution in [3.63, 3.8) is 0 Å². The number of hydrogen-bond acceptors (Lipinski definition) is 2. The second-order valence-electron chi connectivity index (χ2n) is 7.33. The fourth-order valence-electron chi connectivity index (χ4n) is 4.26. The van der Waals surface area contributed by atoms with Crippen molar-refractivity contribution in [2.24, 2.45) is 0 Å². The lowest BCUT2D eigenvalue weighted by atomic mass is 9.95. The Bertz CT molecular complexity index is 870. The van der Waals surface area contributed by atoms with Gasteiger partial charge in [-0.1, -0.05) is 6.07 Å². The van der Waals surface area contributed by atoms with Crippen molar-refractivity contribution in [2.45, 2.75) is 39.2 Å². The van der Waals surface area contributed by atoms with Gasteiger partial charge in [0.05, 0.1) is 19.8 Å². The summed E-state index contributed by atoms with van der Waals surface area (Å²) in [6, 6.07) is 3.64. The molecule has 27 heavy (non-hydrogen) atoms. The SMILES string of the molecule is Cc1c2c(n(Cc3ccc(F)cc3F)c1C(=O)N1CCOCC1)CCCC2. The lowest BCUT2D eigenvalue weighted by molar-refractivity contribution is 0.0295. The molecule has 0 N–H and O–H groups in total. The summed E-state index contributed by atoms with van der Waals surface area (Å²) in [5.41, 5.74) is 4.39. The van der Waals surface area contributed by atoms with Crippen LogP contribution in [0.25, 0.3) is 0 Å². The Kier molecular flexibility index (Phi) is 5.00. The van der Waals surface area contributed by atoms with Gasteiger partial charge in [0.15, 0.2) is 0 Å². The topological polar surface area (TPSA) is 34.5 Å². The van der Waals surface area contributed by atoms with Crippen LogP contribution in [0, 0.1) is 18.6 Å². The molecule has 0 saturated carbocycles. The summed E-state index contributed by atoms with van der Waals surface area (Å²) in [5, 5.41) is 0. The monoisotopic (exact) mass is 374 g/mol. The number of benzene rings is 1. The van der Waals surface area contributed by atoms with E-state index >= 15 is 0 Å². The van der Waals surface area contributed by atoms with Crippen LogP contribution in [0.2, 0.25) is 0 Å². The molecule has 1 aliphatic heterocycles. The number of morpholine rings is 1. The molecule has 4 rings (SSSR count). The van der Waals surface area contributed by atoms with Gasteiger partial charge in [0.25, 0.3) is 5.91 Å². The largest absolute Gasteiger partial charge is 0.378 e. The van der Waals surface area contributed by atoms with E-state index in [1.807, 2.05) is 16.4 Å². The summed E-state index contributed by atoms with van der Waals surface area (Å²) in [6.07, 6.45) is 4.00. The second-order valence-corrected chi connectivity index (χ2v) is 7.33. The van der Waals surface area contributed by atoms with E-state index in [9.17, 15) is 13.6 Å². The molecular formula is C21H24F2N2O2. The first-order chi connectivity index (χ1) is 13.1. The lowest BCUT2D eigenvalue weighted by Crippen LogP contribution is -2.41. The standard InChI is InChI=1S/C21H24F2N2O2/c1-14-17-4-2-3-5-19(17)25(13-15-6-7-16(22)12-18(15)23)20(14)21(26)24-8-10-27-11-9-24/h6-7,12H,2-5,8-11,13H2,1H3. The van der Waals surface area contributed by atoms with Gasteiger partial charge in [-0.2, -0.15) is 0 Å². The van der Waals surface area contributed by atoms with E-state index < -0.39 is 11.6 Å². The summed E-state index contributed by atoms with van der Waals surface area (Å²) < 4.78 is 34.9. The summed E-state index contributed by atoms with van der Waals surface area (Å²) in [4.78, 5) is 15.1. The highest BCUT2D eigenvalue weighted by Crippen LogP contribution is 2.31. The van der Waals surface area contributed by atoms with E-state index in [2.05, 4.69) is 0 Å². The molecule has 2 heterocycles. The molecule has 0 unspecified atom stereocenters. The Morgan fingerprint density at radius 2 is 1.89 bits per heavy atom. The van der Waals surface area contributed by atoms with E-state index in [0.29, 0.717) is 37.6 Å². The first-order valence-electron chi connectivity index (χ1n) is 9.58. The zero-order valence-corrected chi connectivity index (χ0v) is 15.6. The number of fused-ring (bicyclic) bond motifs is 1. The van der Waals surface area contributed by atoms with Crippen molar-refractivity contribution >= 4 is 5.91 Å². The molecule has 4 nitrogen and oxygen atoms in total. The molecule has 1 amide bonds. The number of halogens is 2. The Morgan fingerprint density at radius 3 is 2.63 bits per heavy atom. The van der Waals surface area contributed by atoms with Crippen molar-refractivity contribution in [2.75, 3.05) is 26.3 Å². The van der Waals surface area contributed by atoms with Crippen molar-refractivity contribution < 1.29 is 18.3 Å². The first kappa shape index (κ1) is 18.2. The number of ether oxygens (including phenoxy) is 1. The van der Waals surface area contributed by atoms with Gasteiger partial charge in [-0.3, -0.25) is 4.79 Å². The molecule has 6 heteroatoms. The average Bonchev–Trinajstić information content (AvgIpc) is 2.96. The van der Waals surface area contributed by atoms with Gasteiger partial charge in [0.2, 0.25) is 0 Å². The summed E-state index contributed by atoms with van der Waals surface area (Å²) >= 11 is 0. The van der Waals surface area contributed by atoms with Crippen LogP contribution < -0.4 is 0 Å². The van der Waals surface area contributed by atoms with E-state index in [-0.39, 0.29) is 12.5 Å². The molecule has 0 spiro atoms. The molecule has 1 fully saturated rings. The van der Waals surface area contributed by atoms with Crippen LogP contribution in [0.5, 0.6) is 0 Å². The highest BCUT2D eigenvalue weighted by Gasteiger charge is 2.29. The number of hydrogen-bond donors (Lipinski definition) is 0. The van der Waals surface area contributed by atoms with Crippen LogP contribution in [0.3, 0.4) is 0 Å². The third-order valence-corrected chi connectivity index (χ3v) is 5.69. The van der Waals surface area contributed by atoms with Crippen LogP contribution in [-0.2, 0) is 24.1 Å². The highest BCUT2D eigenvalue weighted by molar-refractivity contribution is 5.95. The molecule has 1 saturated heterocycles. The summed E-state index contributed by atoms with van der Waals surface area (Å²) in [7, 11) is 0. The summed E-state index contributed by atoms with van der Waals surface area (Å²) in [5.74, 6) is -1.19. The molecule has 0 atom stereocenters.